The van der Waals surface area contributed by atoms with E-state index < -0.39 is 18.2 Å². The molecule has 1 aliphatic heterocycles. The fourth-order valence-corrected chi connectivity index (χ4v) is 3.82. The van der Waals surface area contributed by atoms with E-state index in [0.29, 0.717) is 12.4 Å². The number of hydrogen-bond acceptors (Lipinski definition) is 4. The van der Waals surface area contributed by atoms with E-state index in [2.05, 4.69) is 39.0 Å². The summed E-state index contributed by atoms with van der Waals surface area (Å²) >= 11 is 0. The number of nitrogens with one attached hydrogen (secondary N) is 1. The summed E-state index contributed by atoms with van der Waals surface area (Å²) in [6.45, 7) is 4.33. The van der Waals surface area contributed by atoms with Gasteiger partial charge in [-0.2, -0.15) is 18.3 Å². The van der Waals surface area contributed by atoms with Gasteiger partial charge in [0.2, 0.25) is 0 Å². The van der Waals surface area contributed by atoms with Crippen LogP contribution in [-0.2, 0) is 13.0 Å². The first-order valence-corrected chi connectivity index (χ1v) is 9.10. The zero-order valence-corrected chi connectivity index (χ0v) is 15.3. The zero-order chi connectivity index (χ0) is 19.9. The topological polar surface area (TPSA) is 66.3 Å². The van der Waals surface area contributed by atoms with Crippen LogP contribution in [0.15, 0.2) is 41.3 Å². The van der Waals surface area contributed by atoms with Crippen molar-refractivity contribution in [2.45, 2.75) is 32.0 Å². The molecule has 6 nitrogen and oxygen atoms in total. The van der Waals surface area contributed by atoms with Gasteiger partial charge in [0.1, 0.15) is 18.1 Å². The maximum Gasteiger partial charge on any atom is 0.396 e. The van der Waals surface area contributed by atoms with Crippen LogP contribution in [0.1, 0.15) is 30.1 Å². The fourth-order valence-electron chi connectivity index (χ4n) is 3.82. The first-order valence-electron chi connectivity index (χ1n) is 9.10. The Bertz CT molecular complexity index is 1030. The fraction of sp³-hybridized carbons (Fsp3) is 0.421. The number of H-pyrrole nitrogens is 1. The van der Waals surface area contributed by atoms with Gasteiger partial charge in [-0.3, -0.25) is 9.69 Å². The molecule has 9 heteroatoms. The van der Waals surface area contributed by atoms with Crippen LogP contribution >= 0.6 is 0 Å². The van der Waals surface area contributed by atoms with Crippen LogP contribution in [0.4, 0.5) is 13.2 Å². The molecule has 1 saturated heterocycles. The monoisotopic (exact) mass is 391 g/mol. The lowest BCUT2D eigenvalue weighted by Gasteiger charge is -2.16. The van der Waals surface area contributed by atoms with E-state index in [-0.39, 0.29) is 23.2 Å². The average molecular weight is 391 g/mol. The van der Waals surface area contributed by atoms with Gasteiger partial charge in [0, 0.05) is 25.6 Å². The molecule has 1 aromatic carbocycles. The lowest BCUT2D eigenvalue weighted by atomic mass is 9.97. The van der Waals surface area contributed by atoms with E-state index in [4.69, 9.17) is 0 Å². The minimum atomic E-state index is -4.42. The molecule has 1 fully saturated rings. The number of nitrogens with zero attached hydrogens (tertiary/aromatic N) is 4. The van der Waals surface area contributed by atoms with E-state index in [1.54, 1.807) is 0 Å². The van der Waals surface area contributed by atoms with Crippen LogP contribution in [0.2, 0.25) is 0 Å². The Kier molecular flexibility index (Phi) is 4.70. The van der Waals surface area contributed by atoms with Crippen molar-refractivity contribution in [2.75, 3.05) is 13.1 Å². The second-order valence-corrected chi connectivity index (χ2v) is 7.37. The second-order valence-electron chi connectivity index (χ2n) is 7.37. The van der Waals surface area contributed by atoms with Crippen LogP contribution in [0.5, 0.6) is 0 Å². The Morgan fingerprint density at radius 2 is 1.96 bits per heavy atom. The summed E-state index contributed by atoms with van der Waals surface area (Å²) in [5.41, 5.74) is 0.740. The molecule has 2 unspecified atom stereocenters. The van der Waals surface area contributed by atoms with Gasteiger partial charge in [0.15, 0.2) is 5.52 Å². The number of imidazole rings is 1. The van der Waals surface area contributed by atoms with Crippen molar-refractivity contribution < 1.29 is 13.2 Å². The van der Waals surface area contributed by atoms with E-state index in [1.807, 2.05) is 18.2 Å². The van der Waals surface area contributed by atoms with Crippen molar-refractivity contribution in [3.63, 3.8) is 0 Å². The Morgan fingerprint density at radius 3 is 2.68 bits per heavy atom. The van der Waals surface area contributed by atoms with Crippen LogP contribution in [-0.4, -0.2) is 43.7 Å². The molecular weight excluding hydrogens is 371 g/mol. The number of likely N-dealkylation sites (tertiary alicyclic amines) is 1. The minimum absolute atomic E-state index is 0.0230. The molecule has 3 aromatic rings. The first kappa shape index (κ1) is 18.7. The lowest BCUT2D eigenvalue weighted by Crippen LogP contribution is -2.24. The lowest BCUT2D eigenvalue weighted by molar-refractivity contribution is -0.128. The molecule has 0 aliphatic carbocycles. The summed E-state index contributed by atoms with van der Waals surface area (Å²) < 4.78 is 39.4. The maximum absolute atomic E-state index is 12.8. The predicted molar refractivity (Wildman–Crippen MR) is 97.0 cm³/mol. The van der Waals surface area contributed by atoms with Gasteiger partial charge in [-0.05, 0) is 11.5 Å². The van der Waals surface area contributed by atoms with E-state index >= 15 is 0 Å². The third kappa shape index (κ3) is 3.80. The number of halogens is 3. The van der Waals surface area contributed by atoms with Crippen LogP contribution in [0, 0.1) is 5.92 Å². The number of fused-ring (bicyclic) bond motifs is 1. The van der Waals surface area contributed by atoms with Crippen molar-refractivity contribution >= 4 is 5.52 Å². The number of hydrogen-bond donors (Lipinski definition) is 1. The van der Waals surface area contributed by atoms with Gasteiger partial charge in [0.05, 0.1) is 6.20 Å². The Balaban J connectivity index is 1.61. The highest BCUT2D eigenvalue weighted by Crippen LogP contribution is 2.31. The molecular formula is C19H20F3N5O. The molecule has 28 heavy (non-hydrogen) atoms. The Morgan fingerprint density at radius 1 is 1.21 bits per heavy atom. The largest absolute Gasteiger partial charge is 0.396 e. The third-order valence-corrected chi connectivity index (χ3v) is 5.14. The molecule has 148 valence electrons. The minimum Gasteiger partial charge on any atom is -0.307 e. The van der Waals surface area contributed by atoms with Crippen LogP contribution in [0.3, 0.4) is 0 Å². The highest BCUT2D eigenvalue weighted by molar-refractivity contribution is 5.42. The second kappa shape index (κ2) is 7.05. The molecule has 2 aromatic heterocycles. The highest BCUT2D eigenvalue weighted by Gasteiger charge is 2.34. The molecule has 0 saturated carbocycles. The van der Waals surface area contributed by atoms with Crippen LogP contribution in [0.25, 0.3) is 5.52 Å². The van der Waals surface area contributed by atoms with E-state index in [0.717, 1.165) is 23.8 Å². The van der Waals surface area contributed by atoms with Gasteiger partial charge in [0.25, 0.3) is 5.56 Å². The molecule has 0 spiro atoms. The number of aromatic amines is 1. The van der Waals surface area contributed by atoms with Gasteiger partial charge in [-0.1, -0.05) is 37.3 Å². The maximum atomic E-state index is 12.8. The summed E-state index contributed by atoms with van der Waals surface area (Å²) in [4.78, 5) is 21.1. The number of rotatable bonds is 4. The van der Waals surface area contributed by atoms with Crippen molar-refractivity contribution in [1.82, 2.24) is 24.5 Å². The standard InChI is InChI=1S/C19H20F3N5O/c1-12-9-26(10-13-5-3-2-4-6-13)11-14(12)17-24-18(28)15-8-23-16(27(15)25-17)7-19(20,21)22/h2-6,8,12,14H,7,9-11H2,1H3,(H,24,25,28). The summed E-state index contributed by atoms with van der Waals surface area (Å²) in [5, 5.41) is 4.33. The highest BCUT2D eigenvalue weighted by atomic mass is 19.4. The molecule has 0 bridgehead atoms. The summed E-state index contributed by atoms with van der Waals surface area (Å²) in [7, 11) is 0. The van der Waals surface area contributed by atoms with Gasteiger partial charge >= 0.3 is 6.18 Å². The zero-order valence-electron chi connectivity index (χ0n) is 15.3. The van der Waals surface area contributed by atoms with Crippen molar-refractivity contribution in [1.29, 1.82) is 0 Å². The summed E-state index contributed by atoms with van der Waals surface area (Å²) in [6, 6.07) is 10.0. The first-order chi connectivity index (χ1) is 13.3. The predicted octanol–water partition coefficient (Wildman–Crippen LogP) is 2.76. The van der Waals surface area contributed by atoms with Crippen molar-refractivity contribution in [2.24, 2.45) is 5.92 Å². The molecule has 4 rings (SSSR count). The Hall–Kier alpha value is -2.68. The number of benzene rings is 1. The molecule has 2 atom stereocenters. The van der Waals surface area contributed by atoms with E-state index in [1.165, 1.54) is 5.56 Å². The SMILES string of the molecule is CC1CN(Cc2ccccc2)CC1c1nn2c(CC(F)(F)F)ncc2c(=O)[nH]1. The van der Waals surface area contributed by atoms with E-state index in [9.17, 15) is 18.0 Å². The van der Waals surface area contributed by atoms with Crippen molar-refractivity contribution in [3.8, 4) is 0 Å². The summed E-state index contributed by atoms with van der Waals surface area (Å²) in [6.07, 6.45) is -4.51. The number of aromatic nitrogens is 4. The normalized spacial score (nSPS) is 20.9. The van der Waals surface area contributed by atoms with Gasteiger partial charge in [-0.25, -0.2) is 9.50 Å². The molecule has 0 amide bonds. The molecule has 3 heterocycles. The Labute approximate surface area is 159 Å². The van der Waals surface area contributed by atoms with Gasteiger partial charge < -0.3 is 4.98 Å². The average Bonchev–Trinajstić information content (AvgIpc) is 3.18. The van der Waals surface area contributed by atoms with Crippen molar-refractivity contribution in [3.05, 3.63) is 64.1 Å². The quantitative estimate of drug-likeness (QED) is 0.743. The molecule has 1 aliphatic rings. The summed E-state index contributed by atoms with van der Waals surface area (Å²) in [5.74, 6) is 0.268. The van der Waals surface area contributed by atoms with Crippen LogP contribution < -0.4 is 5.56 Å². The van der Waals surface area contributed by atoms with Gasteiger partial charge in [-0.15, -0.1) is 0 Å². The smallest absolute Gasteiger partial charge is 0.307 e. The third-order valence-electron chi connectivity index (χ3n) is 5.14. The molecule has 0 radical (unpaired) electrons. The number of alkyl halides is 3. The molecule has 1 N–H and O–H groups in total.